The summed E-state index contributed by atoms with van der Waals surface area (Å²) in [7, 11) is 0. The normalized spacial score (nSPS) is 11.1. The van der Waals surface area contributed by atoms with Gasteiger partial charge in [-0.15, -0.1) is 0 Å². The van der Waals surface area contributed by atoms with Gasteiger partial charge >= 0.3 is 0 Å². The van der Waals surface area contributed by atoms with E-state index in [0.717, 1.165) is 93.6 Å². The van der Waals surface area contributed by atoms with Gasteiger partial charge in [-0.25, -0.2) is 21.7 Å². The number of benzene rings is 5. The van der Waals surface area contributed by atoms with Gasteiger partial charge in [0.25, 0.3) is 0 Å². The molecule has 0 fully saturated rings. The molecule has 0 aliphatic rings. The van der Waals surface area contributed by atoms with Gasteiger partial charge < -0.3 is 24.3 Å². The van der Waals surface area contributed by atoms with Crippen molar-refractivity contribution in [2.45, 2.75) is 12.8 Å². The first kappa shape index (κ1) is 32.9. The number of ether oxygens (including phenoxy) is 2. The summed E-state index contributed by atoms with van der Waals surface area (Å²) in [5.74, 6) is 14.8. The van der Waals surface area contributed by atoms with Crippen LogP contribution in [0.3, 0.4) is 0 Å². The number of fused-ring (bicyclic) bond motifs is 2. The Morgan fingerprint density at radius 1 is 0.588 bits per heavy atom. The first-order chi connectivity index (χ1) is 24.9. The summed E-state index contributed by atoms with van der Waals surface area (Å²) < 4.78 is 14.9. The minimum Gasteiger partial charge on any atom is -0.494 e. The van der Waals surface area contributed by atoms with Crippen LogP contribution in [-0.2, 0) is 0 Å². The standard InChI is InChI=1S/C40H41N9O2/c1-47(41)31-14-20-35-37(26-31)45-39(43-35)28-10-16-33(17-11-28)50-24-6-22-49(30-8-4-3-5-9-30)23-7-25-51-34-18-12-29(13-19-34)40-44-36-21-15-32(48(2)42)27-38(36)46-40/h3-5,8-21,26-27H,1-2,6-7,22-25,41-42H2,(H,43,45)(H,44,46)/q+2. The highest BCUT2D eigenvalue weighted by Gasteiger charge is 2.12. The number of nitrogens with zero attached hydrogens (tertiary/aromatic N) is 5. The molecule has 51 heavy (non-hydrogen) atoms. The quantitative estimate of drug-likeness (QED) is 0.0303. The fourth-order valence-electron chi connectivity index (χ4n) is 5.94. The zero-order valence-electron chi connectivity index (χ0n) is 28.3. The van der Waals surface area contributed by atoms with Crippen LogP contribution in [0.5, 0.6) is 11.5 Å². The van der Waals surface area contributed by atoms with E-state index < -0.39 is 0 Å². The molecule has 7 aromatic rings. The Morgan fingerprint density at radius 2 is 1.04 bits per heavy atom. The molecule has 0 unspecified atom stereocenters. The van der Waals surface area contributed by atoms with Crippen LogP contribution in [0.25, 0.3) is 44.8 Å². The SMILES string of the molecule is C=[N+](N)c1ccc2nc(-c3ccc(OCCCN(CCCOc4ccc(-c5nc6ccc([N+](=C)N)cc6[nH]5)cc4)c4ccccc4)cc3)[nH]c2c1. The highest BCUT2D eigenvalue weighted by Crippen LogP contribution is 2.27. The fraction of sp³-hybridized carbons (Fsp3) is 0.150. The minimum absolute atomic E-state index is 0.604. The third-order valence-electron chi connectivity index (χ3n) is 8.65. The van der Waals surface area contributed by atoms with Crippen LogP contribution in [-0.4, -0.2) is 69.0 Å². The van der Waals surface area contributed by atoms with Gasteiger partial charge in [0.05, 0.1) is 35.3 Å². The molecular weight excluding hydrogens is 639 g/mol. The molecule has 0 aliphatic heterocycles. The van der Waals surface area contributed by atoms with Gasteiger partial charge in [0, 0.05) is 54.2 Å². The third kappa shape index (κ3) is 7.83. The van der Waals surface area contributed by atoms with Gasteiger partial charge in [0.1, 0.15) is 23.1 Å². The lowest BCUT2D eigenvalue weighted by Gasteiger charge is -2.25. The molecule has 11 nitrogen and oxygen atoms in total. The van der Waals surface area contributed by atoms with Crippen LogP contribution in [0.15, 0.2) is 115 Å². The maximum Gasteiger partial charge on any atom is 0.236 e. The summed E-state index contributed by atoms with van der Waals surface area (Å²) in [6.07, 6.45) is 1.75. The first-order valence-corrected chi connectivity index (χ1v) is 16.9. The van der Waals surface area contributed by atoms with Crippen molar-refractivity contribution < 1.29 is 18.8 Å². The Hall–Kier alpha value is -6.62. The van der Waals surface area contributed by atoms with E-state index in [0.29, 0.717) is 13.2 Å². The number of hydrazone groups is 2. The molecule has 0 bridgehead atoms. The molecule has 0 spiro atoms. The van der Waals surface area contributed by atoms with Gasteiger partial charge in [0.15, 0.2) is 13.4 Å². The van der Waals surface area contributed by atoms with E-state index >= 15 is 0 Å². The number of nitrogens with one attached hydrogen (secondary N) is 2. The van der Waals surface area contributed by atoms with Crippen molar-refractivity contribution in [1.82, 2.24) is 19.9 Å². The van der Waals surface area contributed by atoms with Crippen molar-refractivity contribution in [3.05, 3.63) is 115 Å². The number of para-hydroxylation sites is 1. The fourth-order valence-corrected chi connectivity index (χ4v) is 5.94. The smallest absolute Gasteiger partial charge is 0.236 e. The molecule has 0 atom stereocenters. The molecular formula is C40H41N9O2+2. The van der Waals surface area contributed by atoms with Crippen molar-refractivity contribution in [2.75, 3.05) is 31.2 Å². The van der Waals surface area contributed by atoms with Gasteiger partial charge in [-0.1, -0.05) is 27.6 Å². The van der Waals surface area contributed by atoms with Crippen LogP contribution < -0.4 is 26.1 Å². The number of aromatic nitrogens is 4. The van der Waals surface area contributed by atoms with E-state index in [4.69, 9.17) is 31.1 Å². The molecule has 0 amide bonds. The van der Waals surface area contributed by atoms with Crippen molar-refractivity contribution in [3.8, 4) is 34.3 Å². The number of imidazole rings is 2. The molecule has 0 saturated heterocycles. The van der Waals surface area contributed by atoms with Crippen LogP contribution in [0, 0.1) is 0 Å². The predicted molar refractivity (Wildman–Crippen MR) is 204 cm³/mol. The van der Waals surface area contributed by atoms with Crippen LogP contribution in [0.2, 0.25) is 0 Å². The van der Waals surface area contributed by atoms with Crippen molar-refractivity contribution in [1.29, 1.82) is 0 Å². The first-order valence-electron chi connectivity index (χ1n) is 16.9. The Balaban J connectivity index is 0.887. The molecule has 11 heteroatoms. The summed E-state index contributed by atoms with van der Waals surface area (Å²) in [5.41, 5.74) is 8.29. The zero-order chi connectivity index (χ0) is 35.2. The average molecular weight is 680 g/mol. The summed E-state index contributed by atoms with van der Waals surface area (Å²) in [4.78, 5) is 18.5. The number of hydrazine groups is 2. The topological polar surface area (TPSA) is 137 Å². The second-order valence-electron chi connectivity index (χ2n) is 12.3. The van der Waals surface area contributed by atoms with Crippen molar-refractivity contribution in [2.24, 2.45) is 11.7 Å². The molecule has 2 heterocycles. The van der Waals surface area contributed by atoms with E-state index in [-0.39, 0.29) is 0 Å². The lowest BCUT2D eigenvalue weighted by Crippen LogP contribution is -2.27. The molecule has 2 aromatic heterocycles. The largest absolute Gasteiger partial charge is 0.494 e. The summed E-state index contributed by atoms with van der Waals surface area (Å²) >= 11 is 0. The number of hydrogen-bond acceptors (Lipinski definition) is 7. The lowest BCUT2D eigenvalue weighted by molar-refractivity contribution is -0.442. The average Bonchev–Trinajstić information content (AvgIpc) is 3.79. The molecule has 5 aromatic carbocycles. The third-order valence-corrected chi connectivity index (χ3v) is 8.65. The van der Waals surface area contributed by atoms with E-state index in [1.165, 1.54) is 15.1 Å². The Labute approximate surface area is 296 Å². The molecule has 0 aliphatic carbocycles. The molecule has 256 valence electrons. The second kappa shape index (κ2) is 14.9. The summed E-state index contributed by atoms with van der Waals surface area (Å²) in [6, 6.07) is 38.0. The van der Waals surface area contributed by atoms with Gasteiger partial charge in [-0.2, -0.15) is 0 Å². The highest BCUT2D eigenvalue weighted by atomic mass is 16.5. The second-order valence-corrected chi connectivity index (χ2v) is 12.3. The maximum absolute atomic E-state index is 6.12. The van der Waals surface area contributed by atoms with Crippen molar-refractivity contribution in [3.63, 3.8) is 0 Å². The zero-order valence-corrected chi connectivity index (χ0v) is 28.3. The van der Waals surface area contributed by atoms with Gasteiger partial charge in [0.2, 0.25) is 11.4 Å². The number of aromatic amines is 2. The van der Waals surface area contributed by atoms with E-state index in [1.54, 1.807) is 0 Å². The summed E-state index contributed by atoms with van der Waals surface area (Å²) in [6.45, 7) is 10.4. The lowest BCUT2D eigenvalue weighted by atomic mass is 10.2. The van der Waals surface area contributed by atoms with E-state index in [2.05, 4.69) is 52.6 Å². The monoisotopic (exact) mass is 679 g/mol. The van der Waals surface area contributed by atoms with E-state index in [1.807, 2.05) is 91.0 Å². The Bertz CT molecular complexity index is 2130. The van der Waals surface area contributed by atoms with Crippen LogP contribution in [0.4, 0.5) is 17.1 Å². The number of rotatable bonds is 15. The Morgan fingerprint density at radius 3 is 1.47 bits per heavy atom. The van der Waals surface area contributed by atoms with Gasteiger partial charge in [-0.3, -0.25) is 0 Å². The highest BCUT2D eigenvalue weighted by molar-refractivity contribution is 5.82. The number of nitrogens with two attached hydrogens (primary N) is 2. The molecule has 0 saturated carbocycles. The number of H-pyrrole nitrogens is 2. The molecule has 7 rings (SSSR count). The van der Waals surface area contributed by atoms with Crippen LogP contribution >= 0.6 is 0 Å². The minimum atomic E-state index is 0.604. The maximum atomic E-state index is 6.12. The Kier molecular flexibility index (Phi) is 9.60. The van der Waals surface area contributed by atoms with E-state index in [9.17, 15) is 0 Å². The summed E-state index contributed by atoms with van der Waals surface area (Å²) in [5, 5.41) is 0. The molecule has 6 N–H and O–H groups in total. The number of anilines is 1. The molecule has 0 radical (unpaired) electrons. The predicted octanol–water partition coefficient (Wildman–Crippen LogP) is 6.95. The van der Waals surface area contributed by atoms with Gasteiger partial charge in [-0.05, 0) is 85.6 Å². The number of hydrogen-bond donors (Lipinski definition) is 4. The van der Waals surface area contributed by atoms with Crippen LogP contribution in [0.1, 0.15) is 12.8 Å². The van der Waals surface area contributed by atoms with Crippen molar-refractivity contribution >= 4 is 52.6 Å².